The van der Waals surface area contributed by atoms with Crippen LogP contribution in [0.5, 0.6) is 0 Å². The summed E-state index contributed by atoms with van der Waals surface area (Å²) in [4.78, 5) is 4.47. The number of para-hydroxylation sites is 1. The van der Waals surface area contributed by atoms with E-state index in [4.69, 9.17) is 17.3 Å². The van der Waals surface area contributed by atoms with E-state index in [0.29, 0.717) is 5.15 Å². The third-order valence-corrected chi connectivity index (χ3v) is 4.16. The molecule has 1 atom stereocenters. The minimum absolute atomic E-state index is 0.0636. The van der Waals surface area contributed by atoms with Crippen molar-refractivity contribution in [3.05, 3.63) is 41.0 Å². The van der Waals surface area contributed by atoms with Crippen LogP contribution in [0.1, 0.15) is 25.3 Å². The fraction of sp³-hybridized carbons (Fsp3) is 0.357. The first kappa shape index (κ1) is 11.0. The highest BCUT2D eigenvalue weighted by molar-refractivity contribution is 6.30. The molecule has 1 aromatic heterocycles. The van der Waals surface area contributed by atoms with E-state index in [-0.39, 0.29) is 11.5 Å². The number of pyridine rings is 1. The summed E-state index contributed by atoms with van der Waals surface area (Å²) < 4.78 is 0. The first-order valence-corrected chi connectivity index (χ1v) is 6.33. The predicted octanol–water partition coefficient (Wildman–Crippen LogP) is 3.27. The van der Waals surface area contributed by atoms with Crippen LogP contribution < -0.4 is 5.73 Å². The number of rotatable bonds is 2. The molecule has 1 heterocycles. The van der Waals surface area contributed by atoms with Gasteiger partial charge in [0.15, 0.2) is 0 Å². The van der Waals surface area contributed by atoms with Crippen LogP contribution in [0, 0.1) is 0 Å². The Morgan fingerprint density at radius 1 is 1.35 bits per heavy atom. The topological polar surface area (TPSA) is 38.9 Å². The molecule has 88 valence electrons. The Bertz CT molecular complexity index is 573. The van der Waals surface area contributed by atoms with Crippen molar-refractivity contribution in [2.75, 3.05) is 0 Å². The zero-order chi connectivity index (χ0) is 12.0. The first-order valence-electron chi connectivity index (χ1n) is 5.95. The lowest BCUT2D eigenvalue weighted by Gasteiger charge is -2.21. The van der Waals surface area contributed by atoms with Crippen LogP contribution in [0.3, 0.4) is 0 Å². The molecule has 0 radical (unpaired) electrons. The fourth-order valence-electron chi connectivity index (χ4n) is 2.55. The highest BCUT2D eigenvalue weighted by atomic mass is 35.5. The summed E-state index contributed by atoms with van der Waals surface area (Å²) in [5.74, 6) is 0. The molecule has 2 nitrogen and oxygen atoms in total. The molecule has 3 rings (SSSR count). The van der Waals surface area contributed by atoms with Gasteiger partial charge in [-0.3, -0.25) is 0 Å². The number of halogens is 1. The molecule has 1 saturated carbocycles. The van der Waals surface area contributed by atoms with E-state index in [2.05, 4.69) is 24.0 Å². The SMILES string of the molecule is CC(N)C1(c2cc3ccccc3nc2Cl)CC1. The minimum atomic E-state index is 0.0636. The van der Waals surface area contributed by atoms with Gasteiger partial charge in [-0.25, -0.2) is 4.98 Å². The second kappa shape index (κ2) is 3.69. The predicted molar refractivity (Wildman–Crippen MR) is 71.3 cm³/mol. The average molecular weight is 247 g/mol. The molecule has 1 aliphatic carbocycles. The summed E-state index contributed by atoms with van der Waals surface area (Å²) in [6, 6.07) is 10.3. The average Bonchev–Trinajstić information content (AvgIpc) is 3.09. The molecule has 0 spiro atoms. The first-order chi connectivity index (χ1) is 8.13. The summed E-state index contributed by atoms with van der Waals surface area (Å²) in [6.07, 6.45) is 2.23. The van der Waals surface area contributed by atoms with E-state index in [0.717, 1.165) is 29.3 Å². The van der Waals surface area contributed by atoms with Gasteiger partial charge in [-0.15, -0.1) is 0 Å². The summed E-state index contributed by atoms with van der Waals surface area (Å²) in [6.45, 7) is 2.05. The van der Waals surface area contributed by atoms with E-state index in [1.807, 2.05) is 18.2 Å². The highest BCUT2D eigenvalue weighted by Crippen LogP contribution is 2.52. The monoisotopic (exact) mass is 246 g/mol. The molecule has 2 N–H and O–H groups in total. The van der Waals surface area contributed by atoms with Gasteiger partial charge in [0, 0.05) is 16.8 Å². The Labute approximate surface area is 106 Å². The maximum atomic E-state index is 6.31. The van der Waals surface area contributed by atoms with Crippen molar-refractivity contribution in [3.8, 4) is 0 Å². The molecule has 1 unspecified atom stereocenters. The highest BCUT2D eigenvalue weighted by Gasteiger charge is 2.49. The Hall–Kier alpha value is -1.12. The second-order valence-corrected chi connectivity index (χ2v) is 5.32. The zero-order valence-corrected chi connectivity index (χ0v) is 10.5. The van der Waals surface area contributed by atoms with Gasteiger partial charge in [0.1, 0.15) is 5.15 Å². The lowest BCUT2D eigenvalue weighted by atomic mass is 9.90. The summed E-state index contributed by atoms with van der Waals surface area (Å²) in [5.41, 5.74) is 8.22. The van der Waals surface area contributed by atoms with Crippen LogP contribution in [0.4, 0.5) is 0 Å². The third kappa shape index (κ3) is 1.63. The van der Waals surface area contributed by atoms with E-state index >= 15 is 0 Å². The van der Waals surface area contributed by atoms with E-state index < -0.39 is 0 Å². The van der Waals surface area contributed by atoms with Crippen molar-refractivity contribution in [2.24, 2.45) is 5.73 Å². The maximum absolute atomic E-state index is 6.31. The summed E-state index contributed by atoms with van der Waals surface area (Å²) >= 11 is 6.31. The molecule has 17 heavy (non-hydrogen) atoms. The van der Waals surface area contributed by atoms with Crippen molar-refractivity contribution in [3.63, 3.8) is 0 Å². The number of aromatic nitrogens is 1. The molecule has 0 saturated heterocycles. The lowest BCUT2D eigenvalue weighted by molar-refractivity contribution is 0.556. The standard InChI is InChI=1S/C14H15ClN2/c1-9(16)14(6-7-14)11-8-10-4-2-3-5-12(10)17-13(11)15/h2-5,8-9H,6-7,16H2,1H3. The largest absolute Gasteiger partial charge is 0.327 e. The van der Waals surface area contributed by atoms with Gasteiger partial charge in [-0.2, -0.15) is 0 Å². The molecule has 0 aliphatic heterocycles. The molecular weight excluding hydrogens is 232 g/mol. The molecule has 0 bridgehead atoms. The quantitative estimate of drug-likeness (QED) is 0.826. The molecule has 3 heteroatoms. The molecular formula is C14H15ClN2. The number of nitrogens with zero attached hydrogens (tertiary/aromatic N) is 1. The Kier molecular flexibility index (Phi) is 2.39. The van der Waals surface area contributed by atoms with Gasteiger partial charge in [-0.1, -0.05) is 29.8 Å². The molecule has 1 fully saturated rings. The normalized spacial score (nSPS) is 19.2. The van der Waals surface area contributed by atoms with Gasteiger partial charge in [0.25, 0.3) is 0 Å². The number of hydrogen-bond donors (Lipinski definition) is 1. The Morgan fingerprint density at radius 3 is 2.71 bits per heavy atom. The Morgan fingerprint density at radius 2 is 2.06 bits per heavy atom. The van der Waals surface area contributed by atoms with Crippen molar-refractivity contribution < 1.29 is 0 Å². The van der Waals surface area contributed by atoms with Crippen LogP contribution in [0.15, 0.2) is 30.3 Å². The zero-order valence-electron chi connectivity index (χ0n) is 9.78. The summed E-state index contributed by atoms with van der Waals surface area (Å²) in [5, 5.41) is 1.75. The van der Waals surface area contributed by atoms with Crippen molar-refractivity contribution in [2.45, 2.75) is 31.2 Å². The molecule has 0 amide bonds. The lowest BCUT2D eigenvalue weighted by Crippen LogP contribution is -2.31. The second-order valence-electron chi connectivity index (χ2n) is 4.96. The van der Waals surface area contributed by atoms with E-state index in [1.165, 1.54) is 0 Å². The fourth-order valence-corrected chi connectivity index (χ4v) is 2.88. The number of benzene rings is 1. The van der Waals surface area contributed by atoms with E-state index in [1.54, 1.807) is 0 Å². The maximum Gasteiger partial charge on any atom is 0.133 e. The summed E-state index contributed by atoms with van der Waals surface area (Å²) in [7, 11) is 0. The van der Waals surface area contributed by atoms with Crippen LogP contribution in [0.25, 0.3) is 10.9 Å². The van der Waals surface area contributed by atoms with Crippen LogP contribution >= 0.6 is 11.6 Å². The molecule has 2 aromatic rings. The number of nitrogens with two attached hydrogens (primary N) is 1. The smallest absolute Gasteiger partial charge is 0.133 e. The van der Waals surface area contributed by atoms with Gasteiger partial charge in [0.2, 0.25) is 0 Å². The number of fused-ring (bicyclic) bond motifs is 1. The van der Waals surface area contributed by atoms with Crippen LogP contribution in [-0.2, 0) is 5.41 Å². The van der Waals surface area contributed by atoms with Gasteiger partial charge in [-0.05, 0) is 37.5 Å². The van der Waals surface area contributed by atoms with E-state index in [9.17, 15) is 0 Å². The Balaban J connectivity index is 2.20. The van der Waals surface area contributed by atoms with Crippen molar-refractivity contribution >= 4 is 22.5 Å². The van der Waals surface area contributed by atoms with Gasteiger partial charge >= 0.3 is 0 Å². The minimum Gasteiger partial charge on any atom is -0.327 e. The van der Waals surface area contributed by atoms with Crippen molar-refractivity contribution in [1.82, 2.24) is 4.98 Å². The van der Waals surface area contributed by atoms with Crippen LogP contribution in [0.2, 0.25) is 5.15 Å². The van der Waals surface area contributed by atoms with Crippen LogP contribution in [-0.4, -0.2) is 11.0 Å². The van der Waals surface area contributed by atoms with Crippen molar-refractivity contribution in [1.29, 1.82) is 0 Å². The van der Waals surface area contributed by atoms with Gasteiger partial charge < -0.3 is 5.73 Å². The molecule has 1 aromatic carbocycles. The van der Waals surface area contributed by atoms with Gasteiger partial charge in [0.05, 0.1) is 5.52 Å². The molecule has 1 aliphatic rings. The number of hydrogen-bond acceptors (Lipinski definition) is 2. The third-order valence-electron chi connectivity index (χ3n) is 3.87.